The van der Waals surface area contributed by atoms with Gasteiger partial charge in [-0.3, -0.25) is 4.79 Å². The summed E-state index contributed by atoms with van der Waals surface area (Å²) in [6.45, 7) is 2.43. The summed E-state index contributed by atoms with van der Waals surface area (Å²) in [5.74, 6) is 1.30. The van der Waals surface area contributed by atoms with Gasteiger partial charge in [0, 0.05) is 5.56 Å². The van der Waals surface area contributed by atoms with Crippen LogP contribution in [0.5, 0.6) is 11.5 Å². The largest absolute Gasteiger partial charge is 0.497 e. The van der Waals surface area contributed by atoms with Crippen molar-refractivity contribution in [3.8, 4) is 11.5 Å². The summed E-state index contributed by atoms with van der Waals surface area (Å²) >= 11 is 0. The Morgan fingerprint density at radius 3 is 2.37 bits per heavy atom. The number of rotatable bonds is 5. The summed E-state index contributed by atoms with van der Waals surface area (Å²) in [7, 11) is 1.60. The number of ether oxygens (including phenoxy) is 2. The Morgan fingerprint density at radius 2 is 1.74 bits per heavy atom. The lowest BCUT2D eigenvalue weighted by atomic mass is 10.0. The normalized spacial score (nSPS) is 10.0. The Bertz CT molecular complexity index is 558. The van der Waals surface area contributed by atoms with E-state index in [2.05, 4.69) is 0 Å². The van der Waals surface area contributed by atoms with Gasteiger partial charge in [-0.05, 0) is 43.3 Å². The first-order valence-electron chi connectivity index (χ1n) is 6.17. The lowest BCUT2D eigenvalue weighted by Crippen LogP contribution is -2.05. The molecule has 0 saturated heterocycles. The lowest BCUT2D eigenvalue weighted by molar-refractivity contribution is 0.103. The number of hydrogen-bond donors (Lipinski definition) is 0. The molecule has 3 heteroatoms. The third-order valence-corrected chi connectivity index (χ3v) is 2.78. The second-order valence-corrected chi connectivity index (χ2v) is 3.99. The van der Waals surface area contributed by atoms with Crippen LogP contribution in [0.3, 0.4) is 0 Å². The number of methoxy groups -OCH3 is 1. The van der Waals surface area contributed by atoms with Crippen LogP contribution in [0.2, 0.25) is 0 Å². The van der Waals surface area contributed by atoms with Crippen LogP contribution in [0.25, 0.3) is 0 Å². The Kier molecular flexibility index (Phi) is 4.18. The Labute approximate surface area is 112 Å². The SMILES string of the molecule is CCOc1ccccc1C(=O)c1ccc(OC)cc1. The van der Waals surface area contributed by atoms with E-state index in [0.717, 1.165) is 5.75 Å². The summed E-state index contributed by atoms with van der Waals surface area (Å²) in [6, 6.07) is 14.3. The van der Waals surface area contributed by atoms with Crippen LogP contribution in [0.4, 0.5) is 0 Å². The average Bonchev–Trinajstić information content (AvgIpc) is 2.47. The third-order valence-electron chi connectivity index (χ3n) is 2.78. The van der Waals surface area contributed by atoms with E-state index in [4.69, 9.17) is 9.47 Å². The van der Waals surface area contributed by atoms with Crippen molar-refractivity contribution < 1.29 is 14.3 Å². The number of ketones is 1. The van der Waals surface area contributed by atoms with Crippen LogP contribution >= 0.6 is 0 Å². The van der Waals surface area contributed by atoms with E-state index in [-0.39, 0.29) is 5.78 Å². The van der Waals surface area contributed by atoms with E-state index in [1.165, 1.54) is 0 Å². The molecule has 0 amide bonds. The maximum atomic E-state index is 12.4. The molecule has 19 heavy (non-hydrogen) atoms. The summed E-state index contributed by atoms with van der Waals surface area (Å²) in [6.07, 6.45) is 0. The van der Waals surface area contributed by atoms with E-state index in [1.807, 2.05) is 19.1 Å². The van der Waals surface area contributed by atoms with E-state index >= 15 is 0 Å². The second-order valence-electron chi connectivity index (χ2n) is 3.99. The Hall–Kier alpha value is -2.29. The molecule has 0 heterocycles. The minimum Gasteiger partial charge on any atom is -0.497 e. The van der Waals surface area contributed by atoms with Gasteiger partial charge < -0.3 is 9.47 Å². The fraction of sp³-hybridized carbons (Fsp3) is 0.188. The lowest BCUT2D eigenvalue weighted by Gasteiger charge is -2.09. The van der Waals surface area contributed by atoms with Gasteiger partial charge in [-0.1, -0.05) is 12.1 Å². The van der Waals surface area contributed by atoms with Crippen molar-refractivity contribution >= 4 is 5.78 Å². The molecule has 2 rings (SSSR count). The van der Waals surface area contributed by atoms with Gasteiger partial charge in [0.2, 0.25) is 0 Å². The number of carbonyl (C=O) groups excluding carboxylic acids is 1. The quantitative estimate of drug-likeness (QED) is 0.770. The van der Waals surface area contributed by atoms with Crippen molar-refractivity contribution in [3.63, 3.8) is 0 Å². The number of hydrogen-bond acceptors (Lipinski definition) is 3. The van der Waals surface area contributed by atoms with Crippen LogP contribution in [0.15, 0.2) is 48.5 Å². The molecule has 0 spiro atoms. The number of para-hydroxylation sites is 1. The first-order chi connectivity index (χ1) is 9.26. The summed E-state index contributed by atoms with van der Waals surface area (Å²) in [5, 5.41) is 0. The zero-order valence-corrected chi connectivity index (χ0v) is 11.1. The molecule has 0 saturated carbocycles. The zero-order chi connectivity index (χ0) is 13.7. The van der Waals surface area contributed by atoms with Gasteiger partial charge in [0.05, 0.1) is 19.3 Å². The molecule has 2 aromatic rings. The molecule has 0 aliphatic heterocycles. The minimum absolute atomic E-state index is 0.0493. The van der Waals surface area contributed by atoms with Crippen LogP contribution in [-0.2, 0) is 0 Å². The fourth-order valence-electron chi connectivity index (χ4n) is 1.83. The molecule has 2 aromatic carbocycles. The predicted molar refractivity (Wildman–Crippen MR) is 74.0 cm³/mol. The molecule has 0 unspecified atom stereocenters. The van der Waals surface area contributed by atoms with Gasteiger partial charge in [0.15, 0.2) is 5.78 Å². The molecular formula is C16H16O3. The maximum absolute atomic E-state index is 12.4. The van der Waals surface area contributed by atoms with Crippen LogP contribution < -0.4 is 9.47 Å². The van der Waals surface area contributed by atoms with Crippen molar-refractivity contribution in [2.75, 3.05) is 13.7 Å². The van der Waals surface area contributed by atoms with Gasteiger partial charge in [0.25, 0.3) is 0 Å². The number of benzene rings is 2. The molecule has 0 aliphatic carbocycles. The van der Waals surface area contributed by atoms with Gasteiger partial charge >= 0.3 is 0 Å². The fourth-order valence-corrected chi connectivity index (χ4v) is 1.83. The third kappa shape index (κ3) is 2.94. The van der Waals surface area contributed by atoms with Gasteiger partial charge in [-0.25, -0.2) is 0 Å². The number of carbonyl (C=O) groups is 1. The van der Waals surface area contributed by atoms with Gasteiger partial charge in [-0.15, -0.1) is 0 Å². The topological polar surface area (TPSA) is 35.5 Å². The standard InChI is InChI=1S/C16H16O3/c1-3-19-15-7-5-4-6-14(15)16(17)12-8-10-13(18-2)11-9-12/h4-11H,3H2,1-2H3. The van der Waals surface area contributed by atoms with Crippen LogP contribution in [0, 0.1) is 0 Å². The highest BCUT2D eigenvalue weighted by Crippen LogP contribution is 2.22. The van der Waals surface area contributed by atoms with Crippen molar-refractivity contribution in [3.05, 3.63) is 59.7 Å². The molecule has 0 bridgehead atoms. The van der Waals surface area contributed by atoms with Crippen molar-refractivity contribution in [1.82, 2.24) is 0 Å². The van der Waals surface area contributed by atoms with Crippen LogP contribution in [0.1, 0.15) is 22.8 Å². The predicted octanol–water partition coefficient (Wildman–Crippen LogP) is 3.32. The van der Waals surface area contributed by atoms with Crippen molar-refractivity contribution in [1.29, 1.82) is 0 Å². The summed E-state index contributed by atoms with van der Waals surface area (Å²) in [5.41, 5.74) is 1.20. The Balaban J connectivity index is 2.32. The van der Waals surface area contributed by atoms with E-state index in [9.17, 15) is 4.79 Å². The van der Waals surface area contributed by atoms with E-state index in [1.54, 1.807) is 43.5 Å². The van der Waals surface area contributed by atoms with Crippen molar-refractivity contribution in [2.45, 2.75) is 6.92 Å². The zero-order valence-electron chi connectivity index (χ0n) is 11.1. The molecule has 0 radical (unpaired) electrons. The van der Waals surface area contributed by atoms with Gasteiger partial charge in [-0.2, -0.15) is 0 Å². The van der Waals surface area contributed by atoms with E-state index in [0.29, 0.717) is 23.5 Å². The molecule has 98 valence electrons. The molecule has 0 aliphatic rings. The van der Waals surface area contributed by atoms with Gasteiger partial charge in [0.1, 0.15) is 11.5 Å². The van der Waals surface area contributed by atoms with Crippen LogP contribution in [-0.4, -0.2) is 19.5 Å². The highest BCUT2D eigenvalue weighted by molar-refractivity contribution is 6.10. The average molecular weight is 256 g/mol. The first kappa shape index (κ1) is 13.1. The highest BCUT2D eigenvalue weighted by Gasteiger charge is 2.13. The smallest absolute Gasteiger partial charge is 0.196 e. The highest BCUT2D eigenvalue weighted by atomic mass is 16.5. The molecule has 3 nitrogen and oxygen atoms in total. The molecular weight excluding hydrogens is 240 g/mol. The monoisotopic (exact) mass is 256 g/mol. The molecule has 0 aromatic heterocycles. The summed E-state index contributed by atoms with van der Waals surface area (Å²) < 4.78 is 10.6. The molecule has 0 N–H and O–H groups in total. The molecule has 0 fully saturated rings. The maximum Gasteiger partial charge on any atom is 0.196 e. The minimum atomic E-state index is -0.0493. The molecule has 0 atom stereocenters. The first-order valence-corrected chi connectivity index (χ1v) is 6.17. The van der Waals surface area contributed by atoms with E-state index < -0.39 is 0 Å². The Morgan fingerprint density at radius 1 is 1.05 bits per heavy atom. The second kappa shape index (κ2) is 6.05. The summed E-state index contributed by atoms with van der Waals surface area (Å²) in [4.78, 5) is 12.4. The van der Waals surface area contributed by atoms with Crippen molar-refractivity contribution in [2.24, 2.45) is 0 Å².